The average Bonchev–Trinajstić information content (AvgIpc) is 2.19. The fourth-order valence-corrected chi connectivity index (χ4v) is 2.88. The normalized spacial score (nSPS) is 36.8. The molecule has 1 nitrogen and oxygen atoms in total. The number of fused-ring (bicyclic) bond motifs is 2. The topological polar surface area (TPSA) is 12.0 Å². The van der Waals surface area contributed by atoms with Gasteiger partial charge >= 0.3 is 0 Å². The molecule has 0 atom stereocenters. The molecule has 2 saturated heterocycles. The van der Waals surface area contributed by atoms with E-state index in [-0.39, 0.29) is 0 Å². The molecule has 1 aromatic carbocycles. The predicted octanol–water partition coefficient (Wildman–Crippen LogP) is 2.29. The van der Waals surface area contributed by atoms with Crippen molar-refractivity contribution < 1.29 is 0 Å². The molecule has 0 aromatic heterocycles. The summed E-state index contributed by atoms with van der Waals surface area (Å²) < 4.78 is 0. The van der Waals surface area contributed by atoms with Gasteiger partial charge in [-0.1, -0.05) is 30.3 Å². The number of piperidine rings is 2. The van der Waals surface area contributed by atoms with E-state index in [1.54, 1.807) is 0 Å². The quantitative estimate of drug-likeness (QED) is 0.687. The summed E-state index contributed by atoms with van der Waals surface area (Å²) in [4.78, 5) is 0. The van der Waals surface area contributed by atoms with Gasteiger partial charge in [0.05, 0.1) is 0 Å². The zero-order valence-corrected chi connectivity index (χ0v) is 7.79. The van der Waals surface area contributed by atoms with E-state index in [9.17, 15) is 0 Å². The third kappa shape index (κ3) is 1.03. The molecule has 2 bridgehead atoms. The standard InChI is InChI=1S/C12H15N/c1-2-4-11(5-3-1)12-8-10(9-12)6-7-13-12/h1-5,10,13H,6-9H2. The molecule has 2 aliphatic heterocycles. The van der Waals surface area contributed by atoms with Gasteiger partial charge in [-0.25, -0.2) is 0 Å². The summed E-state index contributed by atoms with van der Waals surface area (Å²) in [6.07, 6.45) is 4.10. The fraction of sp³-hybridized carbons (Fsp3) is 0.500. The van der Waals surface area contributed by atoms with Crippen LogP contribution < -0.4 is 5.32 Å². The molecule has 1 heteroatoms. The van der Waals surface area contributed by atoms with Crippen LogP contribution in [-0.2, 0) is 5.54 Å². The van der Waals surface area contributed by atoms with E-state index in [2.05, 4.69) is 35.6 Å². The first-order valence-electron chi connectivity index (χ1n) is 5.20. The minimum atomic E-state index is 0.365. The van der Waals surface area contributed by atoms with Gasteiger partial charge in [-0.05, 0) is 37.3 Å². The lowest BCUT2D eigenvalue weighted by atomic mass is 9.61. The van der Waals surface area contributed by atoms with Gasteiger partial charge < -0.3 is 5.32 Å². The van der Waals surface area contributed by atoms with E-state index in [0.717, 1.165) is 5.92 Å². The molecule has 3 fully saturated rings. The molecule has 1 aromatic rings. The average molecular weight is 173 g/mol. The van der Waals surface area contributed by atoms with Gasteiger partial charge in [-0.2, -0.15) is 0 Å². The maximum atomic E-state index is 3.68. The number of rotatable bonds is 1. The Morgan fingerprint density at radius 1 is 1.15 bits per heavy atom. The summed E-state index contributed by atoms with van der Waals surface area (Å²) in [5, 5.41) is 3.68. The molecule has 68 valence electrons. The molecule has 1 N–H and O–H groups in total. The summed E-state index contributed by atoms with van der Waals surface area (Å²) in [7, 11) is 0. The minimum absolute atomic E-state index is 0.365. The Balaban J connectivity index is 1.93. The van der Waals surface area contributed by atoms with Gasteiger partial charge in [0, 0.05) is 5.54 Å². The summed E-state index contributed by atoms with van der Waals surface area (Å²) in [5.41, 5.74) is 1.86. The van der Waals surface area contributed by atoms with Crippen molar-refractivity contribution in [1.82, 2.24) is 5.32 Å². The van der Waals surface area contributed by atoms with Crippen molar-refractivity contribution in [2.75, 3.05) is 6.54 Å². The molecule has 3 aliphatic rings. The van der Waals surface area contributed by atoms with E-state index in [1.807, 2.05) is 0 Å². The summed E-state index contributed by atoms with van der Waals surface area (Å²) >= 11 is 0. The second-order valence-electron chi connectivity index (χ2n) is 4.44. The van der Waals surface area contributed by atoms with Gasteiger partial charge in [0.1, 0.15) is 0 Å². The smallest absolute Gasteiger partial charge is 0.0439 e. The van der Waals surface area contributed by atoms with Crippen LogP contribution >= 0.6 is 0 Å². The molecular formula is C12H15N. The number of benzene rings is 1. The number of nitrogens with one attached hydrogen (secondary N) is 1. The molecular weight excluding hydrogens is 158 g/mol. The maximum absolute atomic E-state index is 3.68. The van der Waals surface area contributed by atoms with Crippen molar-refractivity contribution in [1.29, 1.82) is 0 Å². The molecule has 0 amide bonds. The van der Waals surface area contributed by atoms with Crippen LogP contribution in [0.2, 0.25) is 0 Å². The Hall–Kier alpha value is -0.820. The number of hydrogen-bond donors (Lipinski definition) is 1. The second kappa shape index (κ2) is 2.58. The minimum Gasteiger partial charge on any atom is -0.307 e. The van der Waals surface area contributed by atoms with Crippen LogP contribution in [0.5, 0.6) is 0 Å². The predicted molar refractivity (Wildman–Crippen MR) is 53.5 cm³/mol. The molecule has 13 heavy (non-hydrogen) atoms. The first-order chi connectivity index (χ1) is 6.39. The van der Waals surface area contributed by atoms with Crippen LogP contribution in [-0.4, -0.2) is 6.54 Å². The van der Waals surface area contributed by atoms with Crippen LogP contribution in [0.3, 0.4) is 0 Å². The van der Waals surface area contributed by atoms with Gasteiger partial charge in [-0.15, -0.1) is 0 Å². The first-order valence-corrected chi connectivity index (χ1v) is 5.20. The van der Waals surface area contributed by atoms with E-state index >= 15 is 0 Å². The Morgan fingerprint density at radius 2 is 1.92 bits per heavy atom. The fourth-order valence-electron chi connectivity index (χ4n) is 2.88. The van der Waals surface area contributed by atoms with Crippen LogP contribution in [0.15, 0.2) is 30.3 Å². The molecule has 2 heterocycles. The highest BCUT2D eigenvalue weighted by Crippen LogP contribution is 2.49. The highest BCUT2D eigenvalue weighted by atomic mass is 15.0. The Bertz CT molecular complexity index is 293. The molecule has 4 rings (SSSR count). The van der Waals surface area contributed by atoms with Crippen molar-refractivity contribution in [3.8, 4) is 0 Å². The van der Waals surface area contributed by atoms with Crippen LogP contribution in [0.1, 0.15) is 24.8 Å². The van der Waals surface area contributed by atoms with Crippen molar-refractivity contribution in [3.63, 3.8) is 0 Å². The van der Waals surface area contributed by atoms with E-state index < -0.39 is 0 Å². The lowest BCUT2D eigenvalue weighted by molar-refractivity contribution is 0.0502. The SMILES string of the molecule is c1ccc(C23CC(CCN2)C3)cc1. The lowest BCUT2D eigenvalue weighted by Gasteiger charge is -2.53. The van der Waals surface area contributed by atoms with Crippen LogP contribution in [0.25, 0.3) is 0 Å². The third-order valence-electron chi connectivity index (χ3n) is 3.62. The Morgan fingerprint density at radius 3 is 2.54 bits per heavy atom. The van der Waals surface area contributed by atoms with E-state index in [0.29, 0.717) is 5.54 Å². The molecule has 0 radical (unpaired) electrons. The largest absolute Gasteiger partial charge is 0.307 e. The van der Waals surface area contributed by atoms with Gasteiger partial charge in [0.15, 0.2) is 0 Å². The van der Waals surface area contributed by atoms with Gasteiger partial charge in [0.2, 0.25) is 0 Å². The first kappa shape index (κ1) is 7.57. The monoisotopic (exact) mass is 173 g/mol. The molecule has 1 aliphatic carbocycles. The van der Waals surface area contributed by atoms with Crippen LogP contribution in [0.4, 0.5) is 0 Å². The molecule has 1 saturated carbocycles. The zero-order chi connectivity index (χ0) is 8.73. The van der Waals surface area contributed by atoms with Crippen molar-refractivity contribution in [3.05, 3.63) is 35.9 Å². The van der Waals surface area contributed by atoms with Crippen molar-refractivity contribution in [2.45, 2.75) is 24.8 Å². The Kier molecular flexibility index (Phi) is 1.50. The Labute approximate surface area is 79.2 Å². The third-order valence-corrected chi connectivity index (χ3v) is 3.62. The van der Waals surface area contributed by atoms with Crippen molar-refractivity contribution >= 4 is 0 Å². The molecule has 0 unspecified atom stereocenters. The van der Waals surface area contributed by atoms with Crippen LogP contribution in [0, 0.1) is 5.92 Å². The van der Waals surface area contributed by atoms with Gasteiger partial charge in [-0.3, -0.25) is 0 Å². The number of hydrogen-bond acceptors (Lipinski definition) is 1. The van der Waals surface area contributed by atoms with Gasteiger partial charge in [0.25, 0.3) is 0 Å². The second-order valence-corrected chi connectivity index (χ2v) is 4.44. The summed E-state index contributed by atoms with van der Waals surface area (Å²) in [5.74, 6) is 1.00. The van der Waals surface area contributed by atoms with Crippen molar-refractivity contribution in [2.24, 2.45) is 5.92 Å². The molecule has 0 spiro atoms. The highest BCUT2D eigenvalue weighted by Gasteiger charge is 2.47. The summed E-state index contributed by atoms with van der Waals surface area (Å²) in [6.45, 7) is 1.21. The zero-order valence-electron chi connectivity index (χ0n) is 7.79. The maximum Gasteiger partial charge on any atom is 0.0439 e. The van der Waals surface area contributed by atoms with E-state index in [1.165, 1.54) is 31.4 Å². The summed E-state index contributed by atoms with van der Waals surface area (Å²) in [6, 6.07) is 10.9. The lowest BCUT2D eigenvalue weighted by Crippen LogP contribution is -2.57. The van der Waals surface area contributed by atoms with E-state index in [4.69, 9.17) is 0 Å². The highest BCUT2D eigenvalue weighted by molar-refractivity contribution is 5.28.